The van der Waals surface area contributed by atoms with Gasteiger partial charge in [-0.2, -0.15) is 13.2 Å². The number of carbonyl (C=O) groups is 2. The number of hydrogen-bond donors (Lipinski definition) is 1. The lowest BCUT2D eigenvalue weighted by Crippen LogP contribution is -2.65. The van der Waals surface area contributed by atoms with Crippen molar-refractivity contribution in [2.24, 2.45) is 5.92 Å². The fourth-order valence-electron chi connectivity index (χ4n) is 5.66. The molecule has 0 unspecified atom stereocenters. The van der Waals surface area contributed by atoms with Gasteiger partial charge in [0.25, 0.3) is 0 Å². The van der Waals surface area contributed by atoms with Gasteiger partial charge in [0.1, 0.15) is 13.1 Å². The molecule has 0 radical (unpaired) electrons. The minimum absolute atomic E-state index is 0.177. The number of anilines is 1. The number of hydrogen-bond acceptors (Lipinski definition) is 4. The van der Waals surface area contributed by atoms with E-state index in [0.29, 0.717) is 11.0 Å². The zero-order valence-electron chi connectivity index (χ0n) is 20.9. The smallest absolute Gasteiger partial charge is 0.416 e. The number of carbonyl (C=O) groups excluding carboxylic acids is 2. The predicted octanol–water partition coefficient (Wildman–Crippen LogP) is 5.89. The normalized spacial score (nSPS) is 23.4. The molecule has 0 amide bonds. The van der Waals surface area contributed by atoms with E-state index in [2.05, 4.69) is 5.32 Å². The number of fused-ring (bicyclic) bond motifs is 3. The van der Waals surface area contributed by atoms with Crippen LogP contribution in [0.25, 0.3) is 0 Å². The second-order valence-electron chi connectivity index (χ2n) is 10.3. The summed E-state index contributed by atoms with van der Waals surface area (Å²) in [4.78, 5) is 26.6. The molecule has 6 rings (SSSR count). The van der Waals surface area contributed by atoms with E-state index in [1.807, 2.05) is 60.7 Å². The lowest BCUT2D eigenvalue weighted by molar-refractivity contribution is -0.938. The summed E-state index contributed by atoms with van der Waals surface area (Å²) in [6.07, 6.45) is -3.10. The molecule has 0 spiro atoms. The van der Waals surface area contributed by atoms with Gasteiger partial charge >= 0.3 is 12.1 Å². The van der Waals surface area contributed by atoms with Crippen LogP contribution in [0.4, 0.5) is 18.9 Å². The van der Waals surface area contributed by atoms with Gasteiger partial charge in [0.2, 0.25) is 5.78 Å². The Balaban J connectivity index is 1.29. The number of rotatable bonds is 8. The van der Waals surface area contributed by atoms with E-state index in [4.69, 9.17) is 4.74 Å². The highest BCUT2D eigenvalue weighted by molar-refractivity contribution is 5.97. The highest BCUT2D eigenvalue weighted by Gasteiger charge is 2.49. The maximum Gasteiger partial charge on any atom is 0.416 e. The van der Waals surface area contributed by atoms with Crippen molar-refractivity contribution in [3.8, 4) is 0 Å². The lowest BCUT2D eigenvalue weighted by atomic mass is 9.82. The summed E-state index contributed by atoms with van der Waals surface area (Å²) in [6, 6.07) is 22.6. The number of ether oxygens (including phenoxy) is 1. The number of nitrogens with zero attached hydrogens (tertiary/aromatic N) is 1. The molecule has 0 aliphatic carbocycles. The Morgan fingerprint density at radius 3 is 2.11 bits per heavy atom. The Kier molecular flexibility index (Phi) is 7.25. The summed E-state index contributed by atoms with van der Waals surface area (Å²) >= 11 is 0. The van der Waals surface area contributed by atoms with Gasteiger partial charge < -0.3 is 14.5 Å². The summed E-state index contributed by atoms with van der Waals surface area (Å²) in [5.41, 5.74) is 1.09. The van der Waals surface area contributed by atoms with Crippen LogP contribution in [0.15, 0.2) is 84.9 Å². The van der Waals surface area contributed by atoms with Gasteiger partial charge in [-0.1, -0.05) is 60.7 Å². The molecule has 198 valence electrons. The van der Waals surface area contributed by atoms with Gasteiger partial charge in [-0.05, 0) is 29.8 Å². The first-order valence-corrected chi connectivity index (χ1v) is 12.9. The van der Waals surface area contributed by atoms with Crippen molar-refractivity contribution in [3.63, 3.8) is 0 Å². The van der Waals surface area contributed by atoms with E-state index in [-0.39, 0.29) is 35.9 Å². The number of ketones is 1. The van der Waals surface area contributed by atoms with Crippen LogP contribution < -0.4 is 5.32 Å². The number of piperidine rings is 3. The number of para-hydroxylation sites is 1. The van der Waals surface area contributed by atoms with E-state index in [9.17, 15) is 22.8 Å². The van der Waals surface area contributed by atoms with Gasteiger partial charge in [0, 0.05) is 30.0 Å². The number of benzene rings is 3. The standard InChI is InChI=1S/C30H30F3N2O3/c31-30(32,33)24-13-11-21(12-14-24)26(36)19-35-17-15-22(16-18-35)27(20-35)38-29(37)28(23-7-3-1-4-8-23)34-25-9-5-2-6-10-25/h1-14,22,27-28,34H,15-20H2/q+1/t22?,27-,28+,35?/m0/s1. The van der Waals surface area contributed by atoms with Crippen LogP contribution in [0.1, 0.15) is 40.4 Å². The predicted molar refractivity (Wildman–Crippen MR) is 137 cm³/mol. The quantitative estimate of drug-likeness (QED) is 0.227. The molecule has 0 aromatic heterocycles. The first-order valence-electron chi connectivity index (χ1n) is 12.9. The number of nitrogens with one attached hydrogen (secondary N) is 1. The molecule has 3 heterocycles. The third-order valence-electron chi connectivity index (χ3n) is 7.78. The zero-order chi connectivity index (χ0) is 26.8. The maximum atomic E-state index is 13.5. The molecule has 0 saturated carbocycles. The van der Waals surface area contributed by atoms with Crippen molar-refractivity contribution < 1.29 is 32.0 Å². The van der Waals surface area contributed by atoms with E-state index < -0.39 is 17.8 Å². The minimum atomic E-state index is -4.44. The summed E-state index contributed by atoms with van der Waals surface area (Å²) in [5, 5.41) is 3.29. The van der Waals surface area contributed by atoms with Crippen LogP contribution >= 0.6 is 0 Å². The average molecular weight is 524 g/mol. The van der Waals surface area contributed by atoms with Crippen molar-refractivity contribution in [1.82, 2.24) is 0 Å². The van der Waals surface area contributed by atoms with E-state index in [1.165, 1.54) is 12.1 Å². The third kappa shape index (κ3) is 5.75. The summed E-state index contributed by atoms with van der Waals surface area (Å²) < 4.78 is 45.4. The Labute approximate surface area is 219 Å². The number of quaternary nitrogens is 1. The van der Waals surface area contributed by atoms with E-state index >= 15 is 0 Å². The van der Waals surface area contributed by atoms with Gasteiger partial charge in [-0.15, -0.1) is 0 Å². The minimum Gasteiger partial charge on any atom is -0.454 e. The molecule has 3 aliphatic rings. The molecule has 3 aromatic carbocycles. The van der Waals surface area contributed by atoms with Crippen molar-refractivity contribution in [2.75, 3.05) is 31.5 Å². The maximum absolute atomic E-state index is 13.5. The second kappa shape index (κ2) is 10.6. The monoisotopic (exact) mass is 523 g/mol. The average Bonchev–Trinajstić information content (AvgIpc) is 2.93. The fraction of sp³-hybridized carbons (Fsp3) is 0.333. The summed E-state index contributed by atoms with van der Waals surface area (Å²) in [6.45, 7) is 2.27. The van der Waals surface area contributed by atoms with E-state index in [1.54, 1.807) is 0 Å². The van der Waals surface area contributed by atoms with E-state index in [0.717, 1.165) is 49.3 Å². The van der Waals surface area contributed by atoms with Crippen LogP contribution in [0.5, 0.6) is 0 Å². The number of Topliss-reactive ketones (excluding diaryl/α,β-unsaturated/α-hetero) is 1. The molecule has 5 nitrogen and oxygen atoms in total. The lowest BCUT2D eigenvalue weighted by Gasteiger charge is -2.51. The first-order chi connectivity index (χ1) is 18.2. The molecular weight excluding hydrogens is 493 g/mol. The van der Waals surface area contributed by atoms with Crippen LogP contribution in [0.2, 0.25) is 0 Å². The Morgan fingerprint density at radius 1 is 0.895 bits per heavy atom. The summed E-state index contributed by atoms with van der Waals surface area (Å²) in [5.74, 6) is -0.337. The van der Waals surface area contributed by atoms with Crippen molar-refractivity contribution in [1.29, 1.82) is 0 Å². The molecular formula is C30H30F3N2O3+. The molecule has 3 aliphatic heterocycles. The second-order valence-corrected chi connectivity index (χ2v) is 10.3. The fourth-order valence-corrected chi connectivity index (χ4v) is 5.66. The number of esters is 1. The first kappa shape index (κ1) is 26.0. The van der Waals surface area contributed by atoms with Crippen molar-refractivity contribution in [3.05, 3.63) is 102 Å². The number of alkyl halides is 3. The molecule has 3 saturated heterocycles. The molecule has 8 heteroatoms. The largest absolute Gasteiger partial charge is 0.454 e. The molecule has 3 fully saturated rings. The zero-order valence-corrected chi connectivity index (χ0v) is 20.9. The SMILES string of the molecule is O=C(C[N+]12CCC(CC1)[C@@H](OC(=O)[C@H](Nc1ccccc1)c1ccccc1)C2)c1ccc(C(F)(F)F)cc1. The molecule has 1 N–H and O–H groups in total. The highest BCUT2D eigenvalue weighted by Crippen LogP contribution is 2.37. The van der Waals surface area contributed by atoms with Crippen LogP contribution in [0.3, 0.4) is 0 Å². The molecule has 2 bridgehead atoms. The van der Waals surface area contributed by atoms with Crippen LogP contribution in [-0.4, -0.2) is 48.5 Å². The third-order valence-corrected chi connectivity index (χ3v) is 7.78. The molecule has 3 aromatic rings. The van der Waals surface area contributed by atoms with Gasteiger partial charge in [0.05, 0.1) is 18.7 Å². The highest BCUT2D eigenvalue weighted by atomic mass is 19.4. The van der Waals surface area contributed by atoms with Gasteiger partial charge in [-0.25, -0.2) is 4.79 Å². The molecule has 38 heavy (non-hydrogen) atoms. The van der Waals surface area contributed by atoms with Crippen molar-refractivity contribution >= 4 is 17.4 Å². The van der Waals surface area contributed by atoms with Gasteiger partial charge in [-0.3, -0.25) is 4.79 Å². The topological polar surface area (TPSA) is 55.4 Å². The van der Waals surface area contributed by atoms with Gasteiger partial charge in [0.15, 0.2) is 12.1 Å². The summed E-state index contributed by atoms with van der Waals surface area (Å²) in [7, 11) is 0. The van der Waals surface area contributed by atoms with Crippen molar-refractivity contribution in [2.45, 2.75) is 31.2 Å². The van der Waals surface area contributed by atoms with Crippen LogP contribution in [-0.2, 0) is 15.7 Å². The Bertz CT molecular complexity index is 1260. The Hall–Kier alpha value is -3.65. The van der Waals surface area contributed by atoms with Crippen LogP contribution in [0, 0.1) is 5.92 Å². The molecule has 2 atom stereocenters. The Morgan fingerprint density at radius 2 is 1.50 bits per heavy atom. The number of halogens is 3.